The number of nitrogens with zero attached hydrogens (tertiary/aromatic N) is 3. The van der Waals surface area contributed by atoms with Crippen molar-refractivity contribution < 1.29 is 23.1 Å². The van der Waals surface area contributed by atoms with Crippen LogP contribution in [-0.4, -0.2) is 72.1 Å². The van der Waals surface area contributed by atoms with Gasteiger partial charge in [-0.3, -0.25) is 14.6 Å². The minimum atomic E-state index is -0.637. The summed E-state index contributed by atoms with van der Waals surface area (Å²) in [7, 11) is 1.35. The molecular weight excluding hydrogens is 512 g/mol. The standard InChI is InChI=1S/C29H36ClF2N3O3/c1-29(2,3)34-17-23(22-12-11-21(31)16-25(22)32)24(18-34)27(36)33-13-5-6-26(19-7-9-20(30)10-8-19)35(15-14-33)28(37)38-4/h7-12,16,23-24,26H,5-6,13-15,17-18H2,1-4H3/t23-,24+,26?/m0/s1. The molecule has 2 amide bonds. The molecule has 2 aromatic carbocycles. The summed E-state index contributed by atoms with van der Waals surface area (Å²) in [6, 6.07) is 10.8. The van der Waals surface area contributed by atoms with Crippen LogP contribution in [0.5, 0.6) is 0 Å². The highest BCUT2D eigenvalue weighted by molar-refractivity contribution is 6.30. The molecule has 3 atom stereocenters. The average molecular weight is 548 g/mol. The van der Waals surface area contributed by atoms with E-state index < -0.39 is 29.6 Å². The zero-order valence-corrected chi connectivity index (χ0v) is 23.2. The second-order valence-corrected chi connectivity index (χ2v) is 11.6. The van der Waals surface area contributed by atoms with Crippen molar-refractivity contribution in [2.75, 3.05) is 39.8 Å². The summed E-state index contributed by atoms with van der Waals surface area (Å²) in [4.78, 5) is 32.4. The van der Waals surface area contributed by atoms with Crippen LogP contribution in [0.4, 0.5) is 13.6 Å². The van der Waals surface area contributed by atoms with Crippen molar-refractivity contribution in [3.63, 3.8) is 0 Å². The maximum atomic E-state index is 14.9. The van der Waals surface area contributed by atoms with Crippen LogP contribution < -0.4 is 0 Å². The van der Waals surface area contributed by atoms with Crippen LogP contribution in [0, 0.1) is 17.6 Å². The first-order chi connectivity index (χ1) is 18.0. The Kier molecular flexibility index (Phi) is 8.62. The van der Waals surface area contributed by atoms with Gasteiger partial charge in [0, 0.05) is 55.3 Å². The Balaban J connectivity index is 1.57. The Morgan fingerprint density at radius 2 is 1.71 bits per heavy atom. The van der Waals surface area contributed by atoms with Crippen LogP contribution in [0.25, 0.3) is 0 Å². The number of ether oxygens (including phenoxy) is 1. The van der Waals surface area contributed by atoms with E-state index in [1.165, 1.54) is 19.2 Å². The SMILES string of the molecule is COC(=O)N1CCN(C(=O)[C@@H]2CN(C(C)(C)C)C[C@H]2c2ccc(F)cc2F)CCCC1c1ccc(Cl)cc1. The third-order valence-corrected chi connectivity index (χ3v) is 8.07. The van der Waals surface area contributed by atoms with Gasteiger partial charge in [0.1, 0.15) is 11.6 Å². The second kappa shape index (κ2) is 11.6. The third kappa shape index (κ3) is 6.12. The van der Waals surface area contributed by atoms with E-state index in [1.54, 1.807) is 21.9 Å². The van der Waals surface area contributed by atoms with Crippen molar-refractivity contribution in [2.24, 2.45) is 5.92 Å². The fourth-order valence-electron chi connectivity index (χ4n) is 5.67. The average Bonchev–Trinajstić information content (AvgIpc) is 3.30. The summed E-state index contributed by atoms with van der Waals surface area (Å²) in [5.41, 5.74) is 1.11. The molecule has 0 bridgehead atoms. The van der Waals surface area contributed by atoms with E-state index in [1.807, 2.05) is 12.1 Å². The number of methoxy groups -OCH3 is 1. The monoisotopic (exact) mass is 547 g/mol. The lowest BCUT2D eigenvalue weighted by Crippen LogP contribution is -2.48. The fraction of sp³-hybridized carbons (Fsp3) is 0.517. The van der Waals surface area contributed by atoms with Gasteiger partial charge in [-0.15, -0.1) is 0 Å². The van der Waals surface area contributed by atoms with Gasteiger partial charge in [-0.2, -0.15) is 0 Å². The summed E-state index contributed by atoms with van der Waals surface area (Å²) in [5, 5.41) is 0.619. The zero-order valence-electron chi connectivity index (χ0n) is 22.4. The summed E-state index contributed by atoms with van der Waals surface area (Å²) in [6.07, 6.45) is 0.873. The van der Waals surface area contributed by atoms with Gasteiger partial charge in [-0.1, -0.05) is 29.8 Å². The molecule has 0 saturated carbocycles. The fourth-order valence-corrected chi connectivity index (χ4v) is 5.79. The highest BCUT2D eigenvalue weighted by Gasteiger charge is 2.44. The van der Waals surface area contributed by atoms with Gasteiger partial charge in [-0.05, 0) is 62.9 Å². The van der Waals surface area contributed by atoms with E-state index in [2.05, 4.69) is 25.7 Å². The molecule has 4 rings (SSSR count). The number of hydrogen-bond acceptors (Lipinski definition) is 4. The number of amides is 2. The Morgan fingerprint density at radius 1 is 1.00 bits per heavy atom. The van der Waals surface area contributed by atoms with E-state index in [-0.39, 0.29) is 17.5 Å². The predicted octanol–water partition coefficient (Wildman–Crippen LogP) is 5.86. The first-order valence-electron chi connectivity index (χ1n) is 13.1. The molecule has 0 aromatic heterocycles. The molecular formula is C29H36ClF2N3O3. The second-order valence-electron chi connectivity index (χ2n) is 11.2. The van der Waals surface area contributed by atoms with Gasteiger partial charge in [0.05, 0.1) is 19.1 Å². The number of benzene rings is 2. The van der Waals surface area contributed by atoms with Gasteiger partial charge in [0.2, 0.25) is 5.91 Å². The summed E-state index contributed by atoms with van der Waals surface area (Å²) in [5.74, 6) is -2.21. The molecule has 0 radical (unpaired) electrons. The lowest BCUT2D eigenvalue weighted by atomic mass is 9.87. The largest absolute Gasteiger partial charge is 0.453 e. The summed E-state index contributed by atoms with van der Waals surface area (Å²) in [6.45, 7) is 8.36. The number of hydrogen-bond donors (Lipinski definition) is 0. The van der Waals surface area contributed by atoms with Crippen LogP contribution in [0.15, 0.2) is 42.5 Å². The van der Waals surface area contributed by atoms with Crippen molar-refractivity contribution in [1.29, 1.82) is 0 Å². The van der Waals surface area contributed by atoms with E-state index >= 15 is 0 Å². The van der Waals surface area contributed by atoms with Gasteiger partial charge in [0.15, 0.2) is 0 Å². The lowest BCUT2D eigenvalue weighted by Gasteiger charge is -2.37. The van der Waals surface area contributed by atoms with Crippen molar-refractivity contribution in [3.8, 4) is 0 Å². The Hall–Kier alpha value is -2.71. The Morgan fingerprint density at radius 3 is 2.34 bits per heavy atom. The first kappa shape index (κ1) is 28.3. The Labute approximate surface area is 228 Å². The van der Waals surface area contributed by atoms with Crippen LogP contribution in [0.2, 0.25) is 5.02 Å². The third-order valence-electron chi connectivity index (χ3n) is 7.82. The smallest absolute Gasteiger partial charge is 0.410 e. The molecule has 2 fully saturated rings. The molecule has 0 N–H and O–H groups in total. The maximum Gasteiger partial charge on any atom is 0.410 e. The number of likely N-dealkylation sites (tertiary alicyclic amines) is 1. The van der Waals surface area contributed by atoms with Crippen LogP contribution in [0.1, 0.15) is 56.7 Å². The van der Waals surface area contributed by atoms with Crippen molar-refractivity contribution in [2.45, 2.75) is 51.1 Å². The van der Waals surface area contributed by atoms with E-state index in [0.29, 0.717) is 56.2 Å². The summed E-state index contributed by atoms with van der Waals surface area (Å²) < 4.78 is 33.6. The molecule has 0 aliphatic carbocycles. The van der Waals surface area contributed by atoms with Gasteiger partial charge >= 0.3 is 6.09 Å². The molecule has 2 heterocycles. The molecule has 1 unspecified atom stereocenters. The molecule has 2 aliphatic heterocycles. The number of carbonyl (C=O) groups excluding carboxylic acids is 2. The molecule has 206 valence electrons. The topological polar surface area (TPSA) is 53.1 Å². The first-order valence-corrected chi connectivity index (χ1v) is 13.5. The Bertz CT molecular complexity index is 1150. The zero-order chi connectivity index (χ0) is 27.6. The van der Waals surface area contributed by atoms with E-state index in [4.69, 9.17) is 16.3 Å². The molecule has 38 heavy (non-hydrogen) atoms. The molecule has 9 heteroatoms. The number of halogens is 3. The van der Waals surface area contributed by atoms with Crippen LogP contribution in [0.3, 0.4) is 0 Å². The molecule has 2 saturated heterocycles. The molecule has 2 aliphatic rings. The van der Waals surface area contributed by atoms with Crippen molar-refractivity contribution in [3.05, 3.63) is 70.2 Å². The van der Waals surface area contributed by atoms with Crippen LogP contribution in [-0.2, 0) is 9.53 Å². The molecule has 0 spiro atoms. The quantitative estimate of drug-likeness (QED) is 0.483. The van der Waals surface area contributed by atoms with Gasteiger partial charge < -0.3 is 9.64 Å². The minimum absolute atomic E-state index is 0.0692. The minimum Gasteiger partial charge on any atom is -0.453 e. The van der Waals surface area contributed by atoms with Gasteiger partial charge in [0.25, 0.3) is 0 Å². The van der Waals surface area contributed by atoms with E-state index in [9.17, 15) is 18.4 Å². The molecule has 6 nitrogen and oxygen atoms in total. The highest BCUT2D eigenvalue weighted by atomic mass is 35.5. The lowest BCUT2D eigenvalue weighted by molar-refractivity contribution is -0.136. The summed E-state index contributed by atoms with van der Waals surface area (Å²) >= 11 is 6.07. The van der Waals surface area contributed by atoms with Crippen molar-refractivity contribution in [1.82, 2.24) is 14.7 Å². The predicted molar refractivity (Wildman–Crippen MR) is 143 cm³/mol. The van der Waals surface area contributed by atoms with Crippen molar-refractivity contribution >= 4 is 23.6 Å². The van der Waals surface area contributed by atoms with E-state index in [0.717, 1.165) is 11.6 Å². The normalized spacial score (nSPS) is 23.2. The van der Waals surface area contributed by atoms with Gasteiger partial charge in [-0.25, -0.2) is 13.6 Å². The van der Waals surface area contributed by atoms with Crippen LogP contribution >= 0.6 is 11.6 Å². The maximum absolute atomic E-state index is 14.9. The number of carbonyl (C=O) groups is 2. The molecule has 2 aromatic rings. The number of rotatable bonds is 3. The highest BCUT2D eigenvalue weighted by Crippen LogP contribution is 2.39.